The molecule has 0 saturated heterocycles. The van der Waals surface area contributed by atoms with Gasteiger partial charge in [0.15, 0.2) is 0 Å². The van der Waals surface area contributed by atoms with Crippen molar-refractivity contribution in [2.45, 2.75) is 59.0 Å². The van der Waals surface area contributed by atoms with E-state index in [1.54, 1.807) is 0 Å². The number of hydrogen-bond donors (Lipinski definition) is 1. The van der Waals surface area contributed by atoms with Crippen LogP contribution in [0.1, 0.15) is 50.4 Å². The summed E-state index contributed by atoms with van der Waals surface area (Å²) in [6.45, 7) is 6.02. The zero-order valence-corrected chi connectivity index (χ0v) is 11.6. The van der Waals surface area contributed by atoms with Crippen molar-refractivity contribution in [2.75, 3.05) is 5.73 Å². The first-order chi connectivity index (χ1) is 8.60. The molecular formula is C14H23N3O. The van der Waals surface area contributed by atoms with Crippen molar-refractivity contribution in [3.05, 3.63) is 11.4 Å². The van der Waals surface area contributed by atoms with Crippen LogP contribution >= 0.6 is 0 Å². The molecule has 100 valence electrons. The first-order valence-corrected chi connectivity index (χ1v) is 6.87. The van der Waals surface area contributed by atoms with Gasteiger partial charge < -0.3 is 10.5 Å². The summed E-state index contributed by atoms with van der Waals surface area (Å²) in [6, 6.07) is 0. The maximum absolute atomic E-state index is 6.05. The van der Waals surface area contributed by atoms with Gasteiger partial charge in [0.05, 0.1) is 5.56 Å². The van der Waals surface area contributed by atoms with E-state index in [1.165, 1.54) is 19.3 Å². The van der Waals surface area contributed by atoms with Crippen molar-refractivity contribution < 1.29 is 4.74 Å². The van der Waals surface area contributed by atoms with Crippen molar-refractivity contribution in [1.82, 2.24) is 9.97 Å². The van der Waals surface area contributed by atoms with Gasteiger partial charge in [0.2, 0.25) is 5.88 Å². The quantitative estimate of drug-likeness (QED) is 0.894. The molecular weight excluding hydrogens is 226 g/mol. The van der Waals surface area contributed by atoms with Gasteiger partial charge in [-0.2, -0.15) is 4.98 Å². The van der Waals surface area contributed by atoms with Gasteiger partial charge in [0.1, 0.15) is 17.7 Å². The Morgan fingerprint density at radius 2 is 2.06 bits per heavy atom. The molecule has 1 aromatic rings. The minimum Gasteiger partial charge on any atom is -0.474 e. The van der Waals surface area contributed by atoms with E-state index < -0.39 is 0 Å². The molecule has 4 nitrogen and oxygen atoms in total. The highest BCUT2D eigenvalue weighted by atomic mass is 16.5. The highest BCUT2D eigenvalue weighted by molar-refractivity contribution is 5.44. The molecule has 2 N–H and O–H groups in total. The fourth-order valence-electron chi connectivity index (χ4n) is 2.62. The summed E-state index contributed by atoms with van der Waals surface area (Å²) in [4.78, 5) is 8.51. The molecule has 1 saturated carbocycles. The largest absolute Gasteiger partial charge is 0.474 e. The Morgan fingerprint density at radius 3 is 2.78 bits per heavy atom. The smallest absolute Gasteiger partial charge is 0.222 e. The van der Waals surface area contributed by atoms with Crippen LogP contribution in [0.25, 0.3) is 0 Å². The summed E-state index contributed by atoms with van der Waals surface area (Å²) in [5.74, 6) is 2.67. The fraction of sp³-hybridized carbons (Fsp3) is 0.714. The van der Waals surface area contributed by atoms with Crippen LogP contribution in [0.5, 0.6) is 5.88 Å². The Kier molecular flexibility index (Phi) is 4.04. The van der Waals surface area contributed by atoms with Gasteiger partial charge in [-0.1, -0.05) is 19.8 Å². The predicted molar refractivity (Wildman–Crippen MR) is 72.6 cm³/mol. The van der Waals surface area contributed by atoms with Crippen molar-refractivity contribution in [3.8, 4) is 5.88 Å². The lowest BCUT2D eigenvalue weighted by Gasteiger charge is -2.29. The second-order valence-corrected chi connectivity index (χ2v) is 5.27. The van der Waals surface area contributed by atoms with Crippen LogP contribution < -0.4 is 10.5 Å². The standard InChI is InChI=1S/C14H23N3O/c1-4-11-6-5-7-12(8-11)18-14-9(2)13(15)16-10(3)17-14/h11-12H,4-8H2,1-3H3,(H2,15,16,17). The van der Waals surface area contributed by atoms with E-state index in [4.69, 9.17) is 10.5 Å². The lowest BCUT2D eigenvalue weighted by molar-refractivity contribution is 0.116. The van der Waals surface area contributed by atoms with Gasteiger partial charge in [-0.3, -0.25) is 0 Å². The first kappa shape index (κ1) is 13.1. The zero-order valence-electron chi connectivity index (χ0n) is 11.6. The topological polar surface area (TPSA) is 61.0 Å². The molecule has 1 aliphatic rings. The number of anilines is 1. The normalized spacial score (nSPS) is 23.9. The van der Waals surface area contributed by atoms with Crippen LogP contribution in [0.4, 0.5) is 5.82 Å². The summed E-state index contributed by atoms with van der Waals surface area (Å²) < 4.78 is 6.05. The minimum absolute atomic E-state index is 0.288. The molecule has 1 heterocycles. The number of rotatable bonds is 3. The van der Waals surface area contributed by atoms with Crippen LogP contribution in [-0.4, -0.2) is 16.1 Å². The molecule has 0 spiro atoms. The van der Waals surface area contributed by atoms with Crippen LogP contribution in [0.2, 0.25) is 0 Å². The average Bonchev–Trinajstić information content (AvgIpc) is 2.35. The van der Waals surface area contributed by atoms with Gasteiger partial charge >= 0.3 is 0 Å². The zero-order chi connectivity index (χ0) is 13.1. The lowest BCUT2D eigenvalue weighted by atomic mass is 9.85. The Bertz CT molecular complexity index is 420. The molecule has 1 aromatic heterocycles. The van der Waals surface area contributed by atoms with Crippen LogP contribution in [-0.2, 0) is 0 Å². The first-order valence-electron chi connectivity index (χ1n) is 6.87. The molecule has 0 radical (unpaired) electrons. The summed E-state index contributed by atoms with van der Waals surface area (Å²) >= 11 is 0. The fourth-order valence-corrected chi connectivity index (χ4v) is 2.62. The number of ether oxygens (including phenoxy) is 1. The third kappa shape index (κ3) is 2.92. The third-order valence-corrected chi connectivity index (χ3v) is 3.84. The second kappa shape index (κ2) is 5.55. The number of nitrogens with two attached hydrogens (primary N) is 1. The Hall–Kier alpha value is -1.32. The van der Waals surface area contributed by atoms with Crippen molar-refractivity contribution >= 4 is 5.82 Å². The Labute approximate surface area is 109 Å². The number of nitrogen functional groups attached to an aromatic ring is 1. The summed E-state index contributed by atoms with van der Waals surface area (Å²) in [7, 11) is 0. The van der Waals surface area contributed by atoms with E-state index >= 15 is 0 Å². The van der Waals surface area contributed by atoms with Crippen LogP contribution in [0, 0.1) is 19.8 Å². The van der Waals surface area contributed by atoms with Gasteiger partial charge in [0, 0.05) is 0 Å². The van der Waals surface area contributed by atoms with Crippen LogP contribution in [0.15, 0.2) is 0 Å². The predicted octanol–water partition coefficient (Wildman–Crippen LogP) is 3.02. The molecule has 1 aliphatic carbocycles. The summed E-state index contributed by atoms with van der Waals surface area (Å²) in [5.41, 5.74) is 6.71. The Balaban J connectivity index is 2.09. The third-order valence-electron chi connectivity index (χ3n) is 3.84. The minimum atomic E-state index is 0.288. The van der Waals surface area contributed by atoms with E-state index in [0.29, 0.717) is 17.5 Å². The number of aryl methyl sites for hydroxylation is 1. The number of nitrogens with zero attached hydrogens (tertiary/aromatic N) is 2. The van der Waals surface area contributed by atoms with Gasteiger partial charge in [0.25, 0.3) is 0 Å². The maximum Gasteiger partial charge on any atom is 0.222 e. The highest BCUT2D eigenvalue weighted by Crippen LogP contribution is 2.30. The molecule has 1 fully saturated rings. The number of aromatic nitrogens is 2. The van der Waals surface area contributed by atoms with Crippen molar-refractivity contribution in [1.29, 1.82) is 0 Å². The molecule has 0 aliphatic heterocycles. The molecule has 18 heavy (non-hydrogen) atoms. The van der Waals surface area contributed by atoms with Gasteiger partial charge in [-0.15, -0.1) is 0 Å². The monoisotopic (exact) mass is 249 g/mol. The Morgan fingerprint density at radius 1 is 1.28 bits per heavy atom. The van der Waals surface area contributed by atoms with E-state index in [-0.39, 0.29) is 6.10 Å². The molecule has 2 unspecified atom stereocenters. The lowest BCUT2D eigenvalue weighted by Crippen LogP contribution is -2.26. The summed E-state index contributed by atoms with van der Waals surface area (Å²) in [6.07, 6.45) is 6.37. The van der Waals surface area contributed by atoms with E-state index in [1.807, 2.05) is 13.8 Å². The molecule has 0 amide bonds. The molecule has 0 bridgehead atoms. The SMILES string of the molecule is CCC1CCCC(Oc2nc(C)nc(N)c2C)C1. The van der Waals surface area contributed by atoms with Gasteiger partial charge in [-0.25, -0.2) is 4.98 Å². The van der Waals surface area contributed by atoms with E-state index in [0.717, 1.165) is 24.3 Å². The highest BCUT2D eigenvalue weighted by Gasteiger charge is 2.23. The van der Waals surface area contributed by atoms with Gasteiger partial charge in [-0.05, 0) is 39.0 Å². The van der Waals surface area contributed by atoms with E-state index in [2.05, 4.69) is 16.9 Å². The molecule has 0 aromatic carbocycles. The molecule has 2 rings (SSSR count). The molecule has 4 heteroatoms. The van der Waals surface area contributed by atoms with Crippen molar-refractivity contribution in [2.24, 2.45) is 5.92 Å². The van der Waals surface area contributed by atoms with E-state index in [9.17, 15) is 0 Å². The van der Waals surface area contributed by atoms with Crippen LogP contribution in [0.3, 0.4) is 0 Å². The molecule has 2 atom stereocenters. The van der Waals surface area contributed by atoms with Crippen molar-refractivity contribution in [3.63, 3.8) is 0 Å². The second-order valence-electron chi connectivity index (χ2n) is 5.27. The maximum atomic E-state index is 6.05. The number of hydrogen-bond acceptors (Lipinski definition) is 4. The summed E-state index contributed by atoms with van der Waals surface area (Å²) in [5, 5.41) is 0. The average molecular weight is 249 g/mol.